The van der Waals surface area contributed by atoms with Crippen molar-refractivity contribution in [2.24, 2.45) is 0 Å². The summed E-state index contributed by atoms with van der Waals surface area (Å²) in [5.74, 6) is 0. The fraction of sp³-hybridized carbons (Fsp3) is 0.606. The van der Waals surface area contributed by atoms with Crippen molar-refractivity contribution in [2.75, 3.05) is 4.90 Å². The normalized spacial score (nSPS) is 11.1. The van der Waals surface area contributed by atoms with Gasteiger partial charge in [0.25, 0.3) is 0 Å². The topological polar surface area (TPSA) is 40.5 Å². The van der Waals surface area contributed by atoms with Gasteiger partial charge in [-0.3, -0.25) is 0 Å². The zero-order valence-electron chi connectivity index (χ0n) is 23.1. The summed E-state index contributed by atoms with van der Waals surface area (Å²) in [4.78, 5) is 13.9. The molecular formula is C33H51NO2. The summed E-state index contributed by atoms with van der Waals surface area (Å²) in [5, 5.41) is 10.2. The maximum absolute atomic E-state index is 12.4. The minimum atomic E-state index is -0.914. The zero-order chi connectivity index (χ0) is 25.8. The van der Waals surface area contributed by atoms with Gasteiger partial charge < -0.3 is 5.11 Å². The van der Waals surface area contributed by atoms with Crippen LogP contribution in [0.15, 0.2) is 48.5 Å². The largest absolute Gasteiger partial charge is 0.464 e. The first-order chi connectivity index (χ1) is 17.7. The molecule has 200 valence electrons. The molecule has 2 rings (SSSR count). The second kappa shape index (κ2) is 18.9. The van der Waals surface area contributed by atoms with Crippen LogP contribution in [0.1, 0.15) is 128 Å². The molecule has 0 saturated heterocycles. The number of hydrogen-bond acceptors (Lipinski definition) is 1. The number of aryl methyl sites for hydroxylation is 1. The quantitative estimate of drug-likeness (QED) is 0.186. The number of amides is 1. The van der Waals surface area contributed by atoms with Crippen molar-refractivity contribution in [2.45, 2.75) is 129 Å². The number of para-hydroxylation sites is 1. The van der Waals surface area contributed by atoms with Crippen LogP contribution in [-0.2, 0) is 12.8 Å². The predicted molar refractivity (Wildman–Crippen MR) is 156 cm³/mol. The average molecular weight is 494 g/mol. The lowest BCUT2D eigenvalue weighted by atomic mass is 9.94. The summed E-state index contributed by atoms with van der Waals surface area (Å²) in [7, 11) is 0. The molecule has 2 aromatic rings. The zero-order valence-corrected chi connectivity index (χ0v) is 23.1. The lowest BCUT2D eigenvalue weighted by Crippen LogP contribution is -2.25. The Bertz CT molecular complexity index is 833. The van der Waals surface area contributed by atoms with Crippen LogP contribution in [0.4, 0.5) is 16.2 Å². The molecule has 0 aliphatic rings. The van der Waals surface area contributed by atoms with Crippen molar-refractivity contribution in [1.29, 1.82) is 0 Å². The molecule has 0 spiro atoms. The number of carbonyl (C=O) groups is 1. The Morgan fingerprint density at radius 3 is 1.64 bits per heavy atom. The summed E-state index contributed by atoms with van der Waals surface area (Å²) in [5.41, 5.74) is 4.13. The van der Waals surface area contributed by atoms with E-state index >= 15 is 0 Å². The molecule has 1 N–H and O–H groups in total. The summed E-state index contributed by atoms with van der Waals surface area (Å²) in [6.45, 7) is 4.53. The van der Waals surface area contributed by atoms with Gasteiger partial charge >= 0.3 is 6.09 Å². The molecule has 0 heterocycles. The molecule has 0 saturated carbocycles. The molecule has 3 nitrogen and oxygen atoms in total. The fourth-order valence-electron chi connectivity index (χ4n) is 5.17. The van der Waals surface area contributed by atoms with E-state index in [4.69, 9.17) is 0 Å². The van der Waals surface area contributed by atoms with Gasteiger partial charge in [0.2, 0.25) is 0 Å². The van der Waals surface area contributed by atoms with Gasteiger partial charge in [0, 0.05) is 0 Å². The molecule has 0 fully saturated rings. The van der Waals surface area contributed by atoms with Crippen molar-refractivity contribution in [3.05, 3.63) is 59.7 Å². The van der Waals surface area contributed by atoms with Gasteiger partial charge in [-0.15, -0.1) is 0 Å². The molecule has 36 heavy (non-hydrogen) atoms. The molecule has 0 unspecified atom stereocenters. The molecule has 2 aromatic carbocycles. The Labute approximate surface area is 221 Å². The smallest absolute Gasteiger partial charge is 0.416 e. The second-order valence-corrected chi connectivity index (χ2v) is 10.3. The summed E-state index contributed by atoms with van der Waals surface area (Å²) >= 11 is 0. The van der Waals surface area contributed by atoms with Gasteiger partial charge in [0.1, 0.15) is 0 Å². The summed E-state index contributed by atoms with van der Waals surface area (Å²) in [6.07, 6.45) is 21.8. The minimum absolute atomic E-state index is 0.714. The van der Waals surface area contributed by atoms with E-state index in [2.05, 4.69) is 19.9 Å². The van der Waals surface area contributed by atoms with Crippen LogP contribution in [0, 0.1) is 0 Å². The third-order valence-corrected chi connectivity index (χ3v) is 7.27. The van der Waals surface area contributed by atoms with Gasteiger partial charge in [-0.25, -0.2) is 9.69 Å². The number of anilines is 2. The summed E-state index contributed by atoms with van der Waals surface area (Å²) < 4.78 is 0. The molecule has 0 aliphatic heterocycles. The van der Waals surface area contributed by atoms with E-state index in [1.165, 1.54) is 112 Å². The van der Waals surface area contributed by atoms with Crippen LogP contribution in [0.3, 0.4) is 0 Å². The standard InChI is InChI=1S/C33H51NO2/c1-3-5-7-9-11-13-15-18-23-29-24-22-28-32(34(33(35)36)30-25-19-17-20-26-30)31(29)27-21-16-14-12-10-8-6-4-2/h17,19-20,22,24-26,28H,3-16,18,21,23,27H2,1-2H3,(H,35,36). The van der Waals surface area contributed by atoms with E-state index < -0.39 is 6.09 Å². The second-order valence-electron chi connectivity index (χ2n) is 10.3. The highest BCUT2D eigenvalue weighted by Crippen LogP contribution is 2.33. The molecular weight excluding hydrogens is 442 g/mol. The SMILES string of the molecule is CCCCCCCCCCc1cccc(N(C(=O)O)c2ccccc2)c1CCCCCCCCCC. The van der Waals surface area contributed by atoms with Crippen molar-refractivity contribution >= 4 is 17.5 Å². The van der Waals surface area contributed by atoms with E-state index in [9.17, 15) is 9.90 Å². The Morgan fingerprint density at radius 2 is 1.11 bits per heavy atom. The van der Waals surface area contributed by atoms with Gasteiger partial charge in [-0.1, -0.05) is 134 Å². The number of benzene rings is 2. The Kier molecular flexibility index (Phi) is 15.7. The van der Waals surface area contributed by atoms with E-state index in [-0.39, 0.29) is 0 Å². The molecule has 0 radical (unpaired) electrons. The van der Waals surface area contributed by atoms with E-state index in [1.807, 2.05) is 42.5 Å². The first kappa shape index (κ1) is 29.9. The minimum Gasteiger partial charge on any atom is -0.464 e. The number of carboxylic acid groups (broad SMARTS) is 1. The van der Waals surface area contributed by atoms with Gasteiger partial charge in [0.05, 0.1) is 11.4 Å². The molecule has 0 bridgehead atoms. The highest BCUT2D eigenvalue weighted by molar-refractivity contribution is 5.95. The summed E-state index contributed by atoms with van der Waals surface area (Å²) in [6, 6.07) is 15.8. The average Bonchev–Trinajstić information content (AvgIpc) is 2.88. The molecule has 0 aliphatic carbocycles. The van der Waals surface area contributed by atoms with Crippen molar-refractivity contribution in [3.63, 3.8) is 0 Å². The number of rotatable bonds is 20. The Morgan fingerprint density at radius 1 is 0.611 bits per heavy atom. The van der Waals surface area contributed by atoms with Gasteiger partial charge in [0.15, 0.2) is 0 Å². The predicted octanol–water partition coefficient (Wildman–Crippen LogP) is 10.9. The highest BCUT2D eigenvalue weighted by atomic mass is 16.4. The van der Waals surface area contributed by atoms with E-state index in [1.54, 1.807) is 0 Å². The van der Waals surface area contributed by atoms with E-state index in [0.29, 0.717) is 5.69 Å². The van der Waals surface area contributed by atoms with Crippen molar-refractivity contribution < 1.29 is 9.90 Å². The van der Waals surface area contributed by atoms with Crippen LogP contribution in [0.25, 0.3) is 0 Å². The molecule has 0 atom stereocenters. The third-order valence-electron chi connectivity index (χ3n) is 7.27. The number of hydrogen-bond donors (Lipinski definition) is 1. The van der Waals surface area contributed by atoms with Crippen LogP contribution >= 0.6 is 0 Å². The first-order valence-corrected chi connectivity index (χ1v) is 14.9. The van der Waals surface area contributed by atoms with Crippen LogP contribution in [-0.4, -0.2) is 11.2 Å². The van der Waals surface area contributed by atoms with Crippen LogP contribution in [0.2, 0.25) is 0 Å². The fourth-order valence-corrected chi connectivity index (χ4v) is 5.17. The van der Waals surface area contributed by atoms with Crippen LogP contribution < -0.4 is 4.90 Å². The number of nitrogens with zero attached hydrogens (tertiary/aromatic N) is 1. The third kappa shape index (κ3) is 11.2. The molecule has 1 amide bonds. The van der Waals surface area contributed by atoms with Gasteiger partial charge in [-0.2, -0.15) is 0 Å². The molecule has 0 aromatic heterocycles. The Hall–Kier alpha value is -2.29. The Balaban J connectivity index is 2.06. The van der Waals surface area contributed by atoms with E-state index in [0.717, 1.165) is 24.9 Å². The van der Waals surface area contributed by atoms with Crippen molar-refractivity contribution in [3.8, 4) is 0 Å². The lowest BCUT2D eigenvalue weighted by molar-refractivity contribution is 0.204. The van der Waals surface area contributed by atoms with Crippen LogP contribution in [0.5, 0.6) is 0 Å². The van der Waals surface area contributed by atoms with Crippen molar-refractivity contribution in [1.82, 2.24) is 0 Å². The number of unbranched alkanes of at least 4 members (excludes halogenated alkanes) is 14. The lowest BCUT2D eigenvalue weighted by Gasteiger charge is -2.24. The molecule has 3 heteroatoms. The highest BCUT2D eigenvalue weighted by Gasteiger charge is 2.21. The monoisotopic (exact) mass is 493 g/mol. The maximum atomic E-state index is 12.4. The van der Waals surface area contributed by atoms with Gasteiger partial charge in [-0.05, 0) is 55.0 Å². The maximum Gasteiger partial charge on any atom is 0.416 e. The first-order valence-electron chi connectivity index (χ1n) is 14.9.